The summed E-state index contributed by atoms with van der Waals surface area (Å²) in [6, 6.07) is 23.1. The lowest BCUT2D eigenvalue weighted by Crippen LogP contribution is -2.48. The van der Waals surface area contributed by atoms with Gasteiger partial charge in [0.05, 0.1) is 19.8 Å². The number of rotatable bonds is 9. The van der Waals surface area contributed by atoms with Crippen molar-refractivity contribution in [2.75, 3.05) is 60.0 Å². The number of carbonyl (C=O) groups excluding carboxylic acids is 1. The summed E-state index contributed by atoms with van der Waals surface area (Å²) >= 11 is 0. The number of methoxy groups -OCH3 is 1. The van der Waals surface area contributed by atoms with Crippen molar-refractivity contribution < 1.29 is 19.1 Å². The first-order valence-corrected chi connectivity index (χ1v) is 15.2. The minimum absolute atomic E-state index is 0.0102. The Morgan fingerprint density at radius 2 is 1.79 bits per heavy atom. The van der Waals surface area contributed by atoms with Crippen molar-refractivity contribution in [1.29, 1.82) is 0 Å². The molecule has 1 saturated heterocycles. The molecular weight excluding hydrogens is 540 g/mol. The molecule has 3 aromatic carbocycles. The van der Waals surface area contributed by atoms with Crippen LogP contribution >= 0.6 is 0 Å². The molecular formula is C35H42N4O4. The molecule has 226 valence electrons. The Bertz CT molecular complexity index is 1450. The van der Waals surface area contributed by atoms with Crippen LogP contribution in [0.2, 0.25) is 0 Å². The number of nitrogens with zero attached hydrogens (tertiary/aromatic N) is 3. The zero-order valence-electron chi connectivity index (χ0n) is 25.4. The molecule has 1 N–H and O–H groups in total. The van der Waals surface area contributed by atoms with Crippen molar-refractivity contribution in [2.24, 2.45) is 0 Å². The molecule has 1 fully saturated rings. The average Bonchev–Trinajstić information content (AvgIpc) is 3.03. The summed E-state index contributed by atoms with van der Waals surface area (Å²) in [6.07, 6.45) is 3.12. The predicted molar refractivity (Wildman–Crippen MR) is 167 cm³/mol. The molecule has 0 bridgehead atoms. The smallest absolute Gasteiger partial charge is 0.260 e. The normalized spacial score (nSPS) is 20.5. The second kappa shape index (κ2) is 13.2. The van der Waals surface area contributed by atoms with Crippen LogP contribution < -0.4 is 15.0 Å². The summed E-state index contributed by atoms with van der Waals surface area (Å²) in [6.45, 7) is 7.59. The Labute approximate surface area is 254 Å². The van der Waals surface area contributed by atoms with Crippen molar-refractivity contribution in [2.45, 2.75) is 31.9 Å². The molecule has 43 heavy (non-hydrogen) atoms. The lowest BCUT2D eigenvalue weighted by atomic mass is 9.83. The molecule has 0 aliphatic carbocycles. The van der Waals surface area contributed by atoms with E-state index >= 15 is 0 Å². The van der Waals surface area contributed by atoms with Gasteiger partial charge >= 0.3 is 0 Å². The van der Waals surface area contributed by atoms with Crippen LogP contribution in [-0.2, 0) is 22.7 Å². The first kappa shape index (κ1) is 29.2. The Hall–Kier alpha value is -3.85. The maximum Gasteiger partial charge on any atom is 0.260 e. The van der Waals surface area contributed by atoms with Crippen molar-refractivity contribution in [3.05, 3.63) is 106 Å². The van der Waals surface area contributed by atoms with E-state index in [4.69, 9.17) is 14.3 Å². The molecule has 0 spiro atoms. The number of hydroxylamine groups is 1. The number of hydrogen-bond donors (Lipinski definition) is 1. The van der Waals surface area contributed by atoms with E-state index < -0.39 is 0 Å². The third-order valence-corrected chi connectivity index (χ3v) is 8.88. The van der Waals surface area contributed by atoms with Gasteiger partial charge in [0.2, 0.25) is 0 Å². The van der Waals surface area contributed by atoms with Crippen LogP contribution in [0.4, 0.5) is 0 Å². The number of fused-ring (bicyclic) bond motifs is 3. The zero-order chi connectivity index (χ0) is 29.8. The molecule has 0 saturated carbocycles. The van der Waals surface area contributed by atoms with E-state index in [2.05, 4.69) is 77.8 Å². The molecule has 0 aromatic heterocycles. The summed E-state index contributed by atoms with van der Waals surface area (Å²) in [5.74, 6) is 1.53. The molecule has 8 nitrogen and oxygen atoms in total. The lowest BCUT2D eigenvalue weighted by Gasteiger charge is -2.43. The highest BCUT2D eigenvalue weighted by Gasteiger charge is 2.36. The minimum Gasteiger partial charge on any atom is -0.493 e. The van der Waals surface area contributed by atoms with Crippen molar-refractivity contribution in [1.82, 2.24) is 20.2 Å². The monoisotopic (exact) mass is 582 g/mol. The number of piperazine rings is 1. The van der Waals surface area contributed by atoms with E-state index in [0.717, 1.165) is 62.5 Å². The number of likely N-dealkylation sites (N-methyl/N-ethyl adjacent to an activating group) is 1. The van der Waals surface area contributed by atoms with E-state index in [1.807, 2.05) is 29.2 Å². The van der Waals surface area contributed by atoms with Gasteiger partial charge in [-0.2, -0.15) is 0 Å². The number of hydrogen-bond acceptors (Lipinski definition) is 7. The predicted octanol–water partition coefficient (Wildman–Crippen LogP) is 4.46. The molecule has 1 unspecified atom stereocenters. The van der Waals surface area contributed by atoms with Gasteiger partial charge in [-0.3, -0.25) is 20.0 Å². The highest BCUT2D eigenvalue weighted by Crippen LogP contribution is 2.45. The number of amides is 1. The van der Waals surface area contributed by atoms with E-state index in [9.17, 15) is 4.79 Å². The van der Waals surface area contributed by atoms with Gasteiger partial charge in [0.25, 0.3) is 5.91 Å². The second-order valence-corrected chi connectivity index (χ2v) is 11.8. The molecule has 3 heterocycles. The van der Waals surface area contributed by atoms with Crippen LogP contribution in [0.3, 0.4) is 0 Å². The summed E-state index contributed by atoms with van der Waals surface area (Å²) in [7, 11) is 3.74. The highest BCUT2D eigenvalue weighted by atomic mass is 16.6. The topological polar surface area (TPSA) is 66.5 Å². The molecule has 2 atom stereocenters. The lowest BCUT2D eigenvalue weighted by molar-refractivity contribution is -0.134. The Balaban J connectivity index is 1.27. The van der Waals surface area contributed by atoms with Gasteiger partial charge in [-0.1, -0.05) is 66.2 Å². The number of carbonyl (C=O) groups is 1. The maximum atomic E-state index is 13.0. The molecule has 3 aliphatic heterocycles. The first-order chi connectivity index (χ1) is 21.0. The molecule has 6 rings (SSSR count). The third kappa shape index (κ3) is 6.56. The zero-order valence-corrected chi connectivity index (χ0v) is 25.4. The van der Waals surface area contributed by atoms with Crippen LogP contribution in [0.5, 0.6) is 11.5 Å². The standard InChI is InChI=1S/C35H42N4O4/c1-25-8-7-11-27(20-25)30-22-39-15-14-29-28(32(39)21-31(30)36-43-23-26-9-5-4-6-10-26)12-13-33(41-3)35(29)42-24-34(40)38-18-16-37(2)17-19-38/h4-13,20-21,30,32,36H,14-19,22-24H2,1-3H3/t30?,32-/m0/s1. The molecule has 8 heteroatoms. The van der Waals surface area contributed by atoms with Crippen LogP contribution in [-0.4, -0.2) is 80.6 Å². The van der Waals surface area contributed by atoms with E-state index in [0.29, 0.717) is 18.1 Å². The van der Waals surface area contributed by atoms with Crippen molar-refractivity contribution in [3.63, 3.8) is 0 Å². The number of ether oxygens (including phenoxy) is 2. The maximum absolute atomic E-state index is 13.0. The van der Waals surface area contributed by atoms with E-state index in [1.165, 1.54) is 16.7 Å². The van der Waals surface area contributed by atoms with Gasteiger partial charge in [-0.05, 0) is 49.2 Å². The number of aryl methyl sites for hydroxylation is 1. The molecule has 1 amide bonds. The Morgan fingerprint density at radius 1 is 0.977 bits per heavy atom. The van der Waals surface area contributed by atoms with Crippen LogP contribution in [0.25, 0.3) is 0 Å². The quantitative estimate of drug-likeness (QED) is 0.374. The largest absolute Gasteiger partial charge is 0.493 e. The second-order valence-electron chi connectivity index (χ2n) is 11.8. The first-order valence-electron chi connectivity index (χ1n) is 15.2. The van der Waals surface area contributed by atoms with Gasteiger partial charge in [0, 0.05) is 56.4 Å². The van der Waals surface area contributed by atoms with Crippen molar-refractivity contribution in [3.8, 4) is 11.5 Å². The van der Waals surface area contributed by atoms with E-state index in [-0.39, 0.29) is 24.5 Å². The van der Waals surface area contributed by atoms with Crippen LogP contribution in [0, 0.1) is 6.92 Å². The Morgan fingerprint density at radius 3 is 2.56 bits per heavy atom. The summed E-state index contributed by atoms with van der Waals surface area (Å²) in [4.78, 5) is 25.8. The Kier molecular flexibility index (Phi) is 8.98. The third-order valence-electron chi connectivity index (χ3n) is 8.88. The summed E-state index contributed by atoms with van der Waals surface area (Å²) in [5.41, 5.74) is 10.3. The van der Waals surface area contributed by atoms with Gasteiger partial charge in [0.15, 0.2) is 18.1 Å². The molecule has 3 aliphatic rings. The number of benzene rings is 3. The van der Waals surface area contributed by atoms with Crippen LogP contribution in [0.15, 0.2) is 78.5 Å². The molecule has 3 aromatic rings. The summed E-state index contributed by atoms with van der Waals surface area (Å²) < 4.78 is 12.0. The number of nitrogens with one attached hydrogen (secondary N) is 1. The average molecular weight is 583 g/mol. The highest BCUT2D eigenvalue weighted by molar-refractivity contribution is 5.78. The fraction of sp³-hybridized carbons (Fsp3) is 0.400. The van der Waals surface area contributed by atoms with Gasteiger partial charge in [-0.15, -0.1) is 0 Å². The molecule has 0 radical (unpaired) electrons. The SMILES string of the molecule is COc1ccc2c(c1OCC(=O)N1CCN(C)CC1)CCN1CC(c3cccc(C)c3)C(NOCc3ccccc3)=C[C@@H]21. The summed E-state index contributed by atoms with van der Waals surface area (Å²) in [5, 5.41) is 0. The van der Waals surface area contributed by atoms with E-state index in [1.54, 1.807) is 7.11 Å². The van der Waals surface area contributed by atoms with Gasteiger partial charge < -0.3 is 19.3 Å². The fourth-order valence-corrected chi connectivity index (χ4v) is 6.42. The van der Waals surface area contributed by atoms with Gasteiger partial charge in [-0.25, -0.2) is 0 Å². The van der Waals surface area contributed by atoms with Crippen LogP contribution in [0.1, 0.15) is 39.8 Å². The fourth-order valence-electron chi connectivity index (χ4n) is 6.42. The van der Waals surface area contributed by atoms with Crippen molar-refractivity contribution >= 4 is 5.91 Å². The van der Waals surface area contributed by atoms with Gasteiger partial charge in [0.1, 0.15) is 0 Å². The minimum atomic E-state index is 0.0102.